The van der Waals surface area contributed by atoms with Crippen LogP contribution in [0.3, 0.4) is 0 Å². The number of primary amides is 1. The van der Waals surface area contributed by atoms with Crippen molar-refractivity contribution >= 4 is 35.0 Å². The molecule has 2 rings (SSSR count). The number of aryl methyl sites for hydroxylation is 1. The number of rotatable bonds is 15. The quantitative estimate of drug-likeness (QED) is 0.199. The zero-order chi connectivity index (χ0) is 28.1. The van der Waals surface area contributed by atoms with E-state index in [9.17, 15) is 14.4 Å². The maximum absolute atomic E-state index is 12.1. The molecular formula is C26H38N8O4. The first-order valence-electron chi connectivity index (χ1n) is 12.4. The third kappa shape index (κ3) is 9.69. The number of amides is 3. The number of hydrogen-bond donors (Lipinski definition) is 4. The van der Waals surface area contributed by atoms with Crippen LogP contribution in [0.15, 0.2) is 36.4 Å². The van der Waals surface area contributed by atoms with Crippen molar-refractivity contribution in [3.63, 3.8) is 0 Å². The molecule has 0 atom stereocenters. The zero-order valence-corrected chi connectivity index (χ0v) is 22.7. The van der Waals surface area contributed by atoms with E-state index in [4.69, 9.17) is 10.5 Å². The van der Waals surface area contributed by atoms with Crippen LogP contribution in [-0.4, -0.2) is 91.9 Å². The number of aromatic nitrogens is 2. The molecule has 5 N–H and O–H groups in total. The number of ether oxygens (including phenoxy) is 1. The molecule has 2 aromatic rings. The zero-order valence-electron chi connectivity index (χ0n) is 22.7. The van der Waals surface area contributed by atoms with E-state index in [1.807, 2.05) is 25.9 Å². The summed E-state index contributed by atoms with van der Waals surface area (Å²) in [4.78, 5) is 48.2. The van der Waals surface area contributed by atoms with E-state index < -0.39 is 5.91 Å². The Labute approximate surface area is 223 Å². The summed E-state index contributed by atoms with van der Waals surface area (Å²) in [5.41, 5.74) is 6.86. The lowest BCUT2D eigenvalue weighted by Gasteiger charge is -2.15. The number of nitrogens with two attached hydrogens (primary N) is 1. The number of benzene rings is 1. The number of nitrogens with zero attached hydrogens (tertiary/aromatic N) is 4. The van der Waals surface area contributed by atoms with Crippen molar-refractivity contribution in [2.24, 2.45) is 5.73 Å². The Morgan fingerprint density at radius 2 is 1.89 bits per heavy atom. The first-order chi connectivity index (χ1) is 18.1. The summed E-state index contributed by atoms with van der Waals surface area (Å²) in [5.74, 6) is 0.263. The normalized spacial score (nSPS) is 10.9. The van der Waals surface area contributed by atoms with E-state index in [0.29, 0.717) is 55.5 Å². The van der Waals surface area contributed by atoms with E-state index in [-0.39, 0.29) is 29.9 Å². The van der Waals surface area contributed by atoms with E-state index in [2.05, 4.69) is 25.9 Å². The van der Waals surface area contributed by atoms with Gasteiger partial charge < -0.3 is 36.2 Å². The van der Waals surface area contributed by atoms with Crippen LogP contribution in [0.4, 0.5) is 17.3 Å². The van der Waals surface area contributed by atoms with Crippen LogP contribution in [-0.2, 0) is 16.0 Å². The predicted molar refractivity (Wildman–Crippen MR) is 148 cm³/mol. The van der Waals surface area contributed by atoms with Gasteiger partial charge in [0.2, 0.25) is 11.8 Å². The molecule has 206 valence electrons. The van der Waals surface area contributed by atoms with Crippen molar-refractivity contribution in [3.05, 3.63) is 47.8 Å². The fourth-order valence-electron chi connectivity index (χ4n) is 3.31. The molecular weight excluding hydrogens is 488 g/mol. The number of carbonyl (C=O) groups is 3. The average molecular weight is 527 g/mol. The molecule has 0 aliphatic carbocycles. The van der Waals surface area contributed by atoms with Crippen molar-refractivity contribution in [1.29, 1.82) is 0 Å². The van der Waals surface area contributed by atoms with Gasteiger partial charge in [0.25, 0.3) is 5.91 Å². The first kappa shape index (κ1) is 30.0. The van der Waals surface area contributed by atoms with Gasteiger partial charge in [-0.15, -0.1) is 0 Å². The molecule has 0 fully saturated rings. The van der Waals surface area contributed by atoms with Crippen LogP contribution in [0.25, 0.3) is 0 Å². The lowest BCUT2D eigenvalue weighted by atomic mass is 10.2. The van der Waals surface area contributed by atoms with Crippen LogP contribution in [0.5, 0.6) is 5.75 Å². The Kier molecular flexibility index (Phi) is 12.0. The van der Waals surface area contributed by atoms with E-state index in [0.717, 1.165) is 0 Å². The lowest BCUT2D eigenvalue weighted by Crippen LogP contribution is -2.38. The third-order valence-electron chi connectivity index (χ3n) is 5.27. The second-order valence-electron chi connectivity index (χ2n) is 8.75. The number of hydrogen-bond acceptors (Lipinski definition) is 9. The molecule has 0 saturated carbocycles. The fraction of sp³-hybridized carbons (Fsp3) is 0.423. The van der Waals surface area contributed by atoms with E-state index in [1.165, 1.54) is 11.0 Å². The maximum Gasteiger partial charge on any atom is 0.271 e. The molecule has 0 aliphatic heterocycles. The van der Waals surface area contributed by atoms with Gasteiger partial charge in [0.05, 0.1) is 18.8 Å². The van der Waals surface area contributed by atoms with Crippen molar-refractivity contribution in [3.8, 4) is 5.75 Å². The molecule has 1 heterocycles. The summed E-state index contributed by atoms with van der Waals surface area (Å²) in [6.45, 7) is 3.32. The molecule has 1 aromatic carbocycles. The molecule has 1 aromatic heterocycles. The summed E-state index contributed by atoms with van der Waals surface area (Å²) in [6.07, 6.45) is 4.39. The van der Waals surface area contributed by atoms with Crippen molar-refractivity contribution < 1.29 is 19.1 Å². The molecule has 3 amide bonds. The minimum atomic E-state index is -0.678. The summed E-state index contributed by atoms with van der Waals surface area (Å²) in [6, 6.07) is 7.17. The standard InChI is InChI=1S/C26H38N8O4/c1-6-20-25(28-2)32-26(23(31-20)24(27)37)30-18-10-7-11-19(16-18)38-15-9-13-29-21(35)17-34(5)22(36)12-8-14-33(3)4/h7-8,10-12,16H,6,9,13-15,17H2,1-5H3,(H2,27,37)(H,29,35)(H2,28,30,32)/b12-8+. The lowest BCUT2D eigenvalue weighted by molar-refractivity contribution is -0.131. The first-order valence-corrected chi connectivity index (χ1v) is 12.4. The number of nitrogens with one attached hydrogen (secondary N) is 3. The largest absolute Gasteiger partial charge is 0.493 e. The molecule has 0 radical (unpaired) electrons. The number of likely N-dealkylation sites (N-methyl/N-ethyl adjacent to an activating group) is 2. The highest BCUT2D eigenvalue weighted by molar-refractivity contribution is 5.96. The van der Waals surface area contributed by atoms with Gasteiger partial charge in [-0.1, -0.05) is 19.1 Å². The molecule has 0 aliphatic rings. The van der Waals surface area contributed by atoms with Crippen molar-refractivity contribution in [2.45, 2.75) is 19.8 Å². The highest BCUT2D eigenvalue weighted by Gasteiger charge is 2.17. The van der Waals surface area contributed by atoms with Gasteiger partial charge >= 0.3 is 0 Å². The summed E-state index contributed by atoms with van der Waals surface area (Å²) < 4.78 is 5.80. The van der Waals surface area contributed by atoms with E-state index in [1.54, 1.807) is 44.4 Å². The van der Waals surface area contributed by atoms with Crippen LogP contribution < -0.4 is 26.4 Å². The Hall–Kier alpha value is -4.19. The molecule has 0 unspecified atom stereocenters. The minimum Gasteiger partial charge on any atom is -0.493 e. The highest BCUT2D eigenvalue weighted by atomic mass is 16.5. The second-order valence-corrected chi connectivity index (χ2v) is 8.75. The van der Waals surface area contributed by atoms with Gasteiger partial charge in [0.1, 0.15) is 11.6 Å². The number of anilines is 3. The predicted octanol–water partition coefficient (Wildman–Crippen LogP) is 1.38. The Morgan fingerprint density at radius 3 is 2.55 bits per heavy atom. The van der Waals surface area contributed by atoms with Gasteiger partial charge in [-0.3, -0.25) is 14.4 Å². The van der Waals surface area contributed by atoms with Gasteiger partial charge in [0, 0.05) is 45.0 Å². The number of carbonyl (C=O) groups excluding carboxylic acids is 3. The van der Waals surface area contributed by atoms with Gasteiger partial charge in [-0.2, -0.15) is 0 Å². The Bertz CT molecular complexity index is 1140. The third-order valence-corrected chi connectivity index (χ3v) is 5.27. The maximum atomic E-state index is 12.1. The van der Waals surface area contributed by atoms with Crippen LogP contribution in [0, 0.1) is 0 Å². The van der Waals surface area contributed by atoms with Crippen molar-refractivity contribution in [2.75, 3.05) is 65.1 Å². The molecule has 12 heteroatoms. The van der Waals surface area contributed by atoms with Crippen LogP contribution in [0.1, 0.15) is 29.5 Å². The molecule has 12 nitrogen and oxygen atoms in total. The van der Waals surface area contributed by atoms with Gasteiger partial charge in [-0.25, -0.2) is 9.97 Å². The smallest absolute Gasteiger partial charge is 0.271 e. The van der Waals surface area contributed by atoms with Gasteiger partial charge in [0.15, 0.2) is 11.5 Å². The van der Waals surface area contributed by atoms with Gasteiger partial charge in [-0.05, 0) is 39.1 Å². The summed E-state index contributed by atoms with van der Waals surface area (Å²) in [7, 11) is 7.13. The highest BCUT2D eigenvalue weighted by Crippen LogP contribution is 2.24. The molecule has 0 spiro atoms. The monoisotopic (exact) mass is 526 g/mol. The van der Waals surface area contributed by atoms with Crippen LogP contribution in [0.2, 0.25) is 0 Å². The molecule has 38 heavy (non-hydrogen) atoms. The Morgan fingerprint density at radius 1 is 1.13 bits per heavy atom. The second kappa shape index (κ2) is 15.2. The fourth-order valence-corrected chi connectivity index (χ4v) is 3.31. The topological polar surface area (TPSA) is 155 Å². The summed E-state index contributed by atoms with van der Waals surface area (Å²) in [5, 5.41) is 8.86. The van der Waals surface area contributed by atoms with E-state index >= 15 is 0 Å². The molecule has 0 saturated heterocycles. The average Bonchev–Trinajstić information content (AvgIpc) is 2.87. The SMILES string of the molecule is CCc1nc(C(N)=O)c(Nc2cccc(OCCCNC(=O)CN(C)C(=O)/C=C/CN(C)C)c2)nc1NC. The Balaban J connectivity index is 1.84. The summed E-state index contributed by atoms with van der Waals surface area (Å²) >= 11 is 0. The van der Waals surface area contributed by atoms with Crippen LogP contribution >= 0.6 is 0 Å². The molecule has 0 bridgehead atoms. The minimum absolute atomic E-state index is 0.0234. The van der Waals surface area contributed by atoms with Crippen molar-refractivity contribution in [1.82, 2.24) is 25.1 Å².